The van der Waals surface area contributed by atoms with Gasteiger partial charge >= 0.3 is 4.88 Å². The van der Waals surface area contributed by atoms with Crippen molar-refractivity contribution in [3.8, 4) is 11.1 Å². The molecule has 1 aliphatic rings. The third kappa shape index (κ3) is 1.85. The Hall–Kier alpha value is -1.61. The molecule has 0 N–H and O–H groups in total. The first-order chi connectivity index (χ1) is 8.77. The molecule has 90 valence electrons. The number of benzene rings is 2. The fraction of sp³-hybridized carbons (Fsp3) is 0.133. The van der Waals surface area contributed by atoms with Gasteiger partial charge in [-0.25, -0.2) is 4.79 Å². The molecule has 0 amide bonds. The maximum absolute atomic E-state index is 10.9. The second-order valence-corrected chi connectivity index (χ2v) is 4.92. The van der Waals surface area contributed by atoms with E-state index in [0.29, 0.717) is 6.61 Å². The van der Waals surface area contributed by atoms with Crippen LogP contribution in [-0.4, -0.2) is 11.5 Å². The molecule has 0 radical (unpaired) electrons. The number of hydrogen-bond acceptors (Lipinski definition) is 2. The number of carbonyl (C=O) groups is 1. The summed E-state index contributed by atoms with van der Waals surface area (Å²) in [6.07, 6.45) is 0. The van der Waals surface area contributed by atoms with Crippen LogP contribution in [0, 0.1) is 0 Å². The molecule has 0 bridgehead atoms. The van der Waals surface area contributed by atoms with Crippen molar-refractivity contribution < 1.29 is 9.53 Å². The van der Waals surface area contributed by atoms with E-state index in [1.807, 2.05) is 24.3 Å². The predicted octanol–water partition coefficient (Wildman–Crippen LogP) is 4.33. The van der Waals surface area contributed by atoms with Crippen molar-refractivity contribution >= 4 is 20.8 Å². The summed E-state index contributed by atoms with van der Waals surface area (Å²) in [5, 5.41) is 0. The van der Waals surface area contributed by atoms with Crippen LogP contribution in [0.1, 0.15) is 17.0 Å². The second-order valence-electron chi connectivity index (χ2n) is 4.28. The molecule has 0 saturated carbocycles. The minimum absolute atomic E-state index is 0.138. The first-order valence-corrected chi connectivity index (χ1v) is 6.57. The molecule has 2 aromatic carbocycles. The monoisotopic (exact) mass is 302 g/mol. The molecule has 0 heterocycles. The Morgan fingerprint density at radius 1 is 1.00 bits per heavy atom. The molecular weight excluding hydrogens is 292 g/mol. The lowest BCUT2D eigenvalue weighted by atomic mass is 9.98. The van der Waals surface area contributed by atoms with Crippen molar-refractivity contribution in [1.82, 2.24) is 0 Å². The first kappa shape index (κ1) is 11.5. The van der Waals surface area contributed by atoms with Crippen LogP contribution in [0.25, 0.3) is 11.1 Å². The maximum Gasteiger partial charge on any atom is 0.374 e. The molecule has 0 aliphatic heterocycles. The van der Waals surface area contributed by atoms with E-state index in [1.54, 1.807) is 0 Å². The SMILES string of the molecule is O=C(Br)OCC1c2ccccc2-c2ccccc21. The fourth-order valence-corrected chi connectivity index (χ4v) is 2.72. The van der Waals surface area contributed by atoms with Crippen molar-refractivity contribution in [2.45, 2.75) is 5.92 Å². The minimum Gasteiger partial charge on any atom is -0.456 e. The number of hydrogen-bond donors (Lipinski definition) is 0. The number of rotatable bonds is 2. The summed E-state index contributed by atoms with van der Waals surface area (Å²) in [5.74, 6) is 0.138. The quantitative estimate of drug-likeness (QED) is 0.772. The Kier molecular flexibility index (Phi) is 2.92. The van der Waals surface area contributed by atoms with Crippen molar-refractivity contribution in [3.63, 3.8) is 0 Å². The Morgan fingerprint density at radius 3 is 2.00 bits per heavy atom. The highest BCUT2D eigenvalue weighted by Gasteiger charge is 2.28. The van der Waals surface area contributed by atoms with Gasteiger partial charge in [0.1, 0.15) is 6.61 Å². The van der Waals surface area contributed by atoms with Crippen molar-refractivity contribution in [2.75, 3.05) is 6.61 Å². The van der Waals surface area contributed by atoms with E-state index in [2.05, 4.69) is 40.2 Å². The number of ether oxygens (including phenoxy) is 1. The fourth-order valence-electron chi connectivity index (χ4n) is 2.59. The van der Waals surface area contributed by atoms with Gasteiger partial charge in [-0.1, -0.05) is 48.5 Å². The first-order valence-electron chi connectivity index (χ1n) is 5.78. The molecule has 18 heavy (non-hydrogen) atoms. The van der Waals surface area contributed by atoms with Gasteiger partial charge in [0.2, 0.25) is 0 Å². The molecule has 2 nitrogen and oxygen atoms in total. The normalized spacial score (nSPS) is 12.9. The van der Waals surface area contributed by atoms with Gasteiger partial charge in [-0.15, -0.1) is 0 Å². The van der Waals surface area contributed by atoms with Gasteiger partial charge in [-0.05, 0) is 22.3 Å². The lowest BCUT2D eigenvalue weighted by Gasteiger charge is -2.12. The van der Waals surface area contributed by atoms with E-state index in [4.69, 9.17) is 4.74 Å². The molecule has 0 aromatic heterocycles. The summed E-state index contributed by atoms with van der Waals surface area (Å²) < 4.78 is 5.12. The van der Waals surface area contributed by atoms with E-state index < -0.39 is 4.88 Å². The van der Waals surface area contributed by atoms with Crippen LogP contribution in [0.4, 0.5) is 4.79 Å². The van der Waals surface area contributed by atoms with Crippen LogP contribution in [-0.2, 0) is 4.74 Å². The van der Waals surface area contributed by atoms with Gasteiger partial charge < -0.3 is 4.74 Å². The zero-order valence-electron chi connectivity index (χ0n) is 9.60. The summed E-state index contributed by atoms with van der Waals surface area (Å²) in [4.78, 5) is 10.5. The molecule has 0 saturated heterocycles. The lowest BCUT2D eigenvalue weighted by Crippen LogP contribution is -2.07. The highest BCUT2D eigenvalue weighted by molar-refractivity contribution is 9.18. The molecular formula is C15H11BrO2. The van der Waals surface area contributed by atoms with Crippen LogP contribution in [0.3, 0.4) is 0 Å². The molecule has 2 aromatic rings. The van der Waals surface area contributed by atoms with Crippen molar-refractivity contribution in [3.05, 3.63) is 59.7 Å². The highest BCUT2D eigenvalue weighted by Crippen LogP contribution is 2.44. The summed E-state index contributed by atoms with van der Waals surface area (Å²) in [7, 11) is 0. The number of carbonyl (C=O) groups excluding carboxylic acids is 1. The Bertz CT molecular complexity index is 561. The van der Waals surface area contributed by atoms with Gasteiger partial charge in [-0.3, -0.25) is 0 Å². The van der Waals surface area contributed by atoms with Gasteiger partial charge in [-0.2, -0.15) is 0 Å². The van der Waals surface area contributed by atoms with Gasteiger partial charge in [0.25, 0.3) is 0 Å². The van der Waals surface area contributed by atoms with Gasteiger partial charge in [0.05, 0.1) is 0 Å². The van der Waals surface area contributed by atoms with Gasteiger partial charge in [0.15, 0.2) is 0 Å². The molecule has 0 fully saturated rings. The summed E-state index contributed by atoms with van der Waals surface area (Å²) in [6, 6.07) is 16.5. The van der Waals surface area contributed by atoms with Crippen LogP contribution in [0.15, 0.2) is 48.5 Å². The summed E-state index contributed by atoms with van der Waals surface area (Å²) >= 11 is 2.80. The van der Waals surface area contributed by atoms with Crippen LogP contribution in [0.2, 0.25) is 0 Å². The largest absolute Gasteiger partial charge is 0.456 e. The molecule has 1 aliphatic carbocycles. The smallest absolute Gasteiger partial charge is 0.374 e. The van der Waals surface area contributed by atoms with Crippen LogP contribution in [0.5, 0.6) is 0 Å². The maximum atomic E-state index is 10.9. The Labute approximate surface area is 114 Å². The highest BCUT2D eigenvalue weighted by atomic mass is 79.9. The number of fused-ring (bicyclic) bond motifs is 3. The Morgan fingerprint density at radius 2 is 1.50 bits per heavy atom. The molecule has 3 rings (SSSR count). The summed E-state index contributed by atoms with van der Waals surface area (Å²) in [6.45, 7) is 0.373. The molecule has 3 heteroatoms. The average Bonchev–Trinajstić information content (AvgIpc) is 2.71. The van der Waals surface area contributed by atoms with Gasteiger partial charge in [0, 0.05) is 21.8 Å². The lowest BCUT2D eigenvalue weighted by molar-refractivity contribution is 0.173. The Balaban J connectivity index is 2.06. The molecule has 0 spiro atoms. The van der Waals surface area contributed by atoms with Crippen LogP contribution >= 0.6 is 15.9 Å². The van der Waals surface area contributed by atoms with E-state index in [1.165, 1.54) is 22.3 Å². The zero-order chi connectivity index (χ0) is 12.5. The topological polar surface area (TPSA) is 26.3 Å². The number of halogens is 1. The minimum atomic E-state index is -0.413. The van der Waals surface area contributed by atoms with Crippen LogP contribution < -0.4 is 0 Å². The van der Waals surface area contributed by atoms with E-state index in [0.717, 1.165) is 0 Å². The van der Waals surface area contributed by atoms with E-state index in [9.17, 15) is 4.79 Å². The summed E-state index contributed by atoms with van der Waals surface area (Å²) in [5.41, 5.74) is 4.94. The third-order valence-electron chi connectivity index (χ3n) is 3.33. The van der Waals surface area contributed by atoms with E-state index >= 15 is 0 Å². The molecule has 0 unspecified atom stereocenters. The average molecular weight is 303 g/mol. The van der Waals surface area contributed by atoms with Crippen molar-refractivity contribution in [1.29, 1.82) is 0 Å². The second kappa shape index (κ2) is 4.58. The van der Waals surface area contributed by atoms with Crippen molar-refractivity contribution in [2.24, 2.45) is 0 Å². The van der Waals surface area contributed by atoms with E-state index in [-0.39, 0.29) is 5.92 Å². The molecule has 0 atom stereocenters. The third-order valence-corrected chi connectivity index (χ3v) is 3.55. The zero-order valence-corrected chi connectivity index (χ0v) is 11.2. The predicted molar refractivity (Wildman–Crippen MR) is 74.0 cm³/mol. The standard InChI is InChI=1S/C15H11BrO2/c16-15(17)18-9-14-12-7-3-1-5-10(12)11-6-2-4-8-13(11)14/h1-8,14H,9H2.